The molecule has 3 N–H and O–H groups in total. The average molecular weight is 541 g/mol. The number of amides is 2. The van der Waals surface area contributed by atoms with Gasteiger partial charge in [0.1, 0.15) is 24.4 Å². The molecule has 0 heterocycles. The molecule has 0 fully saturated rings. The molecule has 10 nitrogen and oxygen atoms in total. The van der Waals surface area contributed by atoms with Crippen LogP contribution < -0.4 is 10.6 Å². The SMILES string of the molecule is CC(C)C(NC(=O)OCC1c2ccccc2-c2ccccc21)C(=O)OC(C)C(NC(=O)OC(C)(C)C)C(=O)O. The number of aliphatic carboxylic acids is 1. The van der Waals surface area contributed by atoms with Crippen molar-refractivity contribution in [2.45, 2.75) is 71.2 Å². The Morgan fingerprint density at radius 3 is 1.85 bits per heavy atom. The van der Waals surface area contributed by atoms with Gasteiger partial charge in [-0.15, -0.1) is 0 Å². The first-order valence-electron chi connectivity index (χ1n) is 12.8. The molecule has 2 amide bonds. The number of ether oxygens (including phenoxy) is 3. The first kappa shape index (κ1) is 29.5. The molecule has 0 saturated heterocycles. The molecule has 0 spiro atoms. The summed E-state index contributed by atoms with van der Waals surface area (Å²) in [6.45, 7) is 9.70. The van der Waals surface area contributed by atoms with Gasteiger partial charge < -0.3 is 30.0 Å². The van der Waals surface area contributed by atoms with E-state index in [1.54, 1.807) is 34.6 Å². The monoisotopic (exact) mass is 540 g/mol. The zero-order valence-corrected chi connectivity index (χ0v) is 23.0. The number of nitrogens with one attached hydrogen (secondary N) is 2. The molecule has 39 heavy (non-hydrogen) atoms. The lowest BCUT2D eigenvalue weighted by Gasteiger charge is -2.27. The van der Waals surface area contributed by atoms with Gasteiger partial charge in [-0.2, -0.15) is 0 Å². The zero-order chi connectivity index (χ0) is 28.9. The molecule has 3 unspecified atom stereocenters. The highest BCUT2D eigenvalue weighted by Crippen LogP contribution is 2.44. The van der Waals surface area contributed by atoms with Gasteiger partial charge in [-0.1, -0.05) is 62.4 Å². The first-order valence-corrected chi connectivity index (χ1v) is 12.8. The van der Waals surface area contributed by atoms with Gasteiger partial charge in [0.15, 0.2) is 6.04 Å². The highest BCUT2D eigenvalue weighted by atomic mass is 16.6. The van der Waals surface area contributed by atoms with E-state index in [0.29, 0.717) is 0 Å². The molecule has 1 aliphatic rings. The fraction of sp³-hybridized carbons (Fsp3) is 0.448. The molecule has 0 aromatic heterocycles. The van der Waals surface area contributed by atoms with Gasteiger partial charge in [-0.25, -0.2) is 19.2 Å². The lowest BCUT2D eigenvalue weighted by molar-refractivity contribution is -0.157. The fourth-order valence-electron chi connectivity index (χ4n) is 4.40. The summed E-state index contributed by atoms with van der Waals surface area (Å²) < 4.78 is 16.0. The molecule has 210 valence electrons. The van der Waals surface area contributed by atoms with E-state index in [1.807, 2.05) is 48.5 Å². The average Bonchev–Trinajstić information content (AvgIpc) is 3.16. The van der Waals surface area contributed by atoms with E-state index in [-0.39, 0.29) is 12.5 Å². The number of carbonyl (C=O) groups is 4. The standard InChI is InChI=1S/C29H36N2O8/c1-16(2)23(26(34)38-17(3)24(25(32)33)31-28(36)39-29(4,5)6)30-27(35)37-15-22-20-13-9-7-11-18(20)19-12-8-10-14-21(19)22/h7-14,16-17,22-24H,15H2,1-6H3,(H,30,35)(H,31,36)(H,32,33). The van der Waals surface area contributed by atoms with Crippen molar-refractivity contribution in [3.05, 3.63) is 59.7 Å². The molecule has 3 rings (SSSR count). The van der Waals surface area contributed by atoms with Crippen LogP contribution in [0, 0.1) is 5.92 Å². The summed E-state index contributed by atoms with van der Waals surface area (Å²) in [5.74, 6) is -2.81. The Bertz CT molecular complexity index is 1170. The third-order valence-electron chi connectivity index (χ3n) is 6.25. The molecule has 2 aromatic carbocycles. The van der Waals surface area contributed by atoms with Crippen molar-refractivity contribution in [3.8, 4) is 11.1 Å². The summed E-state index contributed by atoms with van der Waals surface area (Å²) in [6, 6.07) is 13.2. The Morgan fingerprint density at radius 1 is 0.846 bits per heavy atom. The molecule has 0 radical (unpaired) electrons. The van der Waals surface area contributed by atoms with Crippen molar-refractivity contribution in [1.29, 1.82) is 0 Å². The number of rotatable bonds is 9. The Hall–Kier alpha value is -4.08. The lowest BCUT2D eigenvalue weighted by Crippen LogP contribution is -2.53. The van der Waals surface area contributed by atoms with Crippen molar-refractivity contribution in [1.82, 2.24) is 10.6 Å². The Morgan fingerprint density at radius 2 is 1.36 bits per heavy atom. The van der Waals surface area contributed by atoms with Gasteiger partial charge in [-0.3, -0.25) is 0 Å². The number of hydrogen-bond acceptors (Lipinski definition) is 7. The van der Waals surface area contributed by atoms with E-state index in [2.05, 4.69) is 10.6 Å². The number of esters is 1. The van der Waals surface area contributed by atoms with Crippen molar-refractivity contribution < 1.29 is 38.5 Å². The van der Waals surface area contributed by atoms with Gasteiger partial charge in [0, 0.05) is 5.92 Å². The summed E-state index contributed by atoms with van der Waals surface area (Å²) in [6.07, 6.45) is -3.02. The van der Waals surface area contributed by atoms with Crippen molar-refractivity contribution in [2.24, 2.45) is 5.92 Å². The van der Waals surface area contributed by atoms with Crippen molar-refractivity contribution in [3.63, 3.8) is 0 Å². The van der Waals surface area contributed by atoms with E-state index in [1.165, 1.54) is 6.92 Å². The van der Waals surface area contributed by atoms with E-state index in [4.69, 9.17) is 14.2 Å². The van der Waals surface area contributed by atoms with Gasteiger partial charge in [-0.05, 0) is 55.9 Å². The largest absolute Gasteiger partial charge is 0.480 e. The first-order chi connectivity index (χ1) is 18.3. The summed E-state index contributed by atoms with van der Waals surface area (Å²) >= 11 is 0. The zero-order valence-electron chi connectivity index (χ0n) is 23.0. The number of carbonyl (C=O) groups excluding carboxylic acids is 3. The van der Waals surface area contributed by atoms with Gasteiger partial charge >= 0.3 is 24.1 Å². The van der Waals surface area contributed by atoms with E-state index >= 15 is 0 Å². The van der Waals surface area contributed by atoms with Crippen LogP contribution in [-0.2, 0) is 23.8 Å². The minimum atomic E-state index is -1.56. The maximum Gasteiger partial charge on any atom is 0.408 e. The second kappa shape index (κ2) is 12.2. The number of carboxylic acids is 1. The molecular weight excluding hydrogens is 504 g/mol. The number of carboxylic acid groups (broad SMARTS) is 1. The number of alkyl carbamates (subject to hydrolysis) is 2. The number of hydrogen-bond donors (Lipinski definition) is 3. The minimum Gasteiger partial charge on any atom is -0.480 e. The topological polar surface area (TPSA) is 140 Å². The van der Waals surface area contributed by atoms with E-state index < -0.39 is 53.8 Å². The molecule has 10 heteroatoms. The van der Waals surface area contributed by atoms with Crippen LogP contribution in [-0.4, -0.2) is 59.6 Å². The predicted molar refractivity (Wildman–Crippen MR) is 143 cm³/mol. The second-order valence-electron chi connectivity index (χ2n) is 10.8. The fourth-order valence-corrected chi connectivity index (χ4v) is 4.40. The van der Waals surface area contributed by atoms with Crippen LogP contribution in [0.5, 0.6) is 0 Å². The third kappa shape index (κ3) is 7.49. The molecule has 2 aromatic rings. The van der Waals surface area contributed by atoms with Crippen LogP contribution >= 0.6 is 0 Å². The van der Waals surface area contributed by atoms with Gasteiger partial charge in [0.25, 0.3) is 0 Å². The normalized spacial score (nSPS) is 14.8. The third-order valence-corrected chi connectivity index (χ3v) is 6.25. The molecule has 0 aliphatic heterocycles. The Kier molecular flexibility index (Phi) is 9.21. The molecule has 0 saturated carbocycles. The summed E-state index contributed by atoms with van der Waals surface area (Å²) in [5.41, 5.74) is 3.44. The lowest BCUT2D eigenvalue weighted by atomic mass is 9.98. The minimum absolute atomic E-state index is 0.0665. The molecule has 1 aliphatic carbocycles. The van der Waals surface area contributed by atoms with Gasteiger partial charge in [0.05, 0.1) is 0 Å². The Labute approximate surface area is 228 Å². The van der Waals surface area contributed by atoms with Crippen molar-refractivity contribution >= 4 is 24.1 Å². The highest BCUT2D eigenvalue weighted by Gasteiger charge is 2.35. The van der Waals surface area contributed by atoms with Crippen LogP contribution in [0.1, 0.15) is 58.6 Å². The van der Waals surface area contributed by atoms with Crippen molar-refractivity contribution in [2.75, 3.05) is 6.61 Å². The van der Waals surface area contributed by atoms with E-state index in [9.17, 15) is 24.3 Å². The van der Waals surface area contributed by atoms with Crippen LogP contribution in [0.2, 0.25) is 0 Å². The molecule has 3 atom stereocenters. The smallest absolute Gasteiger partial charge is 0.408 e. The molecule has 0 bridgehead atoms. The van der Waals surface area contributed by atoms with Crippen LogP contribution in [0.25, 0.3) is 11.1 Å². The van der Waals surface area contributed by atoms with Crippen LogP contribution in [0.15, 0.2) is 48.5 Å². The quantitative estimate of drug-likeness (QED) is 0.313. The van der Waals surface area contributed by atoms with E-state index in [0.717, 1.165) is 22.3 Å². The number of benzene rings is 2. The summed E-state index contributed by atoms with van der Waals surface area (Å²) in [5, 5.41) is 14.3. The number of fused-ring (bicyclic) bond motifs is 3. The van der Waals surface area contributed by atoms with Crippen LogP contribution in [0.3, 0.4) is 0 Å². The Balaban J connectivity index is 1.62. The van der Waals surface area contributed by atoms with Gasteiger partial charge in [0.2, 0.25) is 0 Å². The highest BCUT2D eigenvalue weighted by molar-refractivity contribution is 5.84. The summed E-state index contributed by atoms with van der Waals surface area (Å²) in [4.78, 5) is 49.5. The maximum atomic E-state index is 12.9. The predicted octanol–water partition coefficient (Wildman–Crippen LogP) is 4.46. The molecular formula is C29H36N2O8. The summed E-state index contributed by atoms with van der Waals surface area (Å²) in [7, 11) is 0. The second-order valence-corrected chi connectivity index (χ2v) is 10.8. The van der Waals surface area contributed by atoms with Crippen LogP contribution in [0.4, 0.5) is 9.59 Å². The maximum absolute atomic E-state index is 12.9.